The van der Waals surface area contributed by atoms with E-state index in [4.69, 9.17) is 4.74 Å². The Bertz CT molecular complexity index is 1230. The van der Waals surface area contributed by atoms with Crippen LogP contribution in [0, 0.1) is 11.3 Å². The molecule has 3 atom stereocenters. The summed E-state index contributed by atoms with van der Waals surface area (Å²) in [4.78, 5) is 43.1. The highest BCUT2D eigenvalue weighted by atomic mass is 28.3. The molecule has 0 bridgehead atoms. The number of ether oxygens (including phenoxy) is 1. The van der Waals surface area contributed by atoms with E-state index in [1.165, 1.54) is 4.90 Å². The van der Waals surface area contributed by atoms with Crippen LogP contribution in [-0.2, 0) is 26.3 Å². The lowest BCUT2D eigenvalue weighted by Gasteiger charge is -2.29. The van der Waals surface area contributed by atoms with Crippen LogP contribution in [0.15, 0.2) is 54.6 Å². The van der Waals surface area contributed by atoms with Gasteiger partial charge < -0.3 is 15.0 Å². The van der Waals surface area contributed by atoms with E-state index in [-0.39, 0.29) is 31.4 Å². The van der Waals surface area contributed by atoms with E-state index in [1.54, 1.807) is 4.90 Å². The fraction of sp³-hybridized carbons (Fsp3) is 0.385. The third-order valence-electron chi connectivity index (χ3n) is 7.36. The van der Waals surface area contributed by atoms with Crippen molar-refractivity contribution in [2.24, 2.45) is 0 Å². The van der Waals surface area contributed by atoms with Crippen LogP contribution in [0.25, 0.3) is 0 Å². The molecule has 1 spiro atoms. The maximum absolute atomic E-state index is 13.9. The van der Waals surface area contributed by atoms with Crippen molar-refractivity contribution < 1.29 is 19.1 Å². The van der Waals surface area contributed by atoms with Gasteiger partial charge in [-0.15, -0.1) is 0 Å². The molecule has 8 nitrogen and oxygen atoms in total. The lowest BCUT2D eigenvalue weighted by atomic mass is 9.80. The molecule has 0 aromatic heterocycles. The van der Waals surface area contributed by atoms with Gasteiger partial charge in [-0.05, 0) is 23.2 Å². The highest BCUT2D eigenvalue weighted by Gasteiger charge is 2.58. The molecule has 3 heterocycles. The molecule has 180 valence electrons. The van der Waals surface area contributed by atoms with E-state index in [1.807, 2.05) is 54.6 Å². The highest BCUT2D eigenvalue weighted by Crippen LogP contribution is 2.46. The van der Waals surface area contributed by atoms with Crippen LogP contribution < -0.4 is 5.32 Å². The predicted octanol–water partition coefficient (Wildman–Crippen LogP) is 3.27. The monoisotopic (exact) mass is 488 g/mol. The standard InChI is InChI=1S/C26H28N4O4Si/c1-35(2)15-22(30(17-35)25(33)34-14-18-8-4-3-5-9-18)23(31)29-16-26(12-19(29)13-27)20-10-6-7-11-21(20)28-24(26)32/h3-11,19,22H,12,14-17H2,1-2H3,(H,28,32)/t19-,22+,26-/m0/s1. The third-order valence-corrected chi connectivity index (χ3v) is 10.0. The summed E-state index contributed by atoms with van der Waals surface area (Å²) in [5, 5.41) is 12.8. The number of carbonyl (C=O) groups excluding carboxylic acids is 3. The molecule has 2 saturated heterocycles. The quantitative estimate of drug-likeness (QED) is 0.668. The summed E-state index contributed by atoms with van der Waals surface area (Å²) in [5.74, 6) is -0.463. The highest BCUT2D eigenvalue weighted by molar-refractivity contribution is 6.79. The van der Waals surface area contributed by atoms with E-state index in [0.717, 1.165) is 16.8 Å². The summed E-state index contributed by atoms with van der Waals surface area (Å²) in [6, 6.07) is 18.2. The van der Waals surface area contributed by atoms with Gasteiger partial charge in [-0.3, -0.25) is 14.5 Å². The summed E-state index contributed by atoms with van der Waals surface area (Å²) in [6.07, 6.45) is 0.234. The zero-order chi connectivity index (χ0) is 24.8. The number of rotatable bonds is 3. The van der Waals surface area contributed by atoms with E-state index < -0.39 is 31.7 Å². The van der Waals surface area contributed by atoms with E-state index in [9.17, 15) is 19.6 Å². The molecule has 0 aliphatic carbocycles. The molecule has 2 fully saturated rings. The minimum Gasteiger partial charge on any atom is -0.445 e. The fourth-order valence-electron chi connectivity index (χ4n) is 5.66. The first kappa shape index (κ1) is 23.1. The van der Waals surface area contributed by atoms with Gasteiger partial charge in [-0.25, -0.2) is 4.79 Å². The van der Waals surface area contributed by atoms with Crippen molar-refractivity contribution in [3.63, 3.8) is 0 Å². The van der Waals surface area contributed by atoms with Crippen molar-refractivity contribution in [1.29, 1.82) is 5.26 Å². The maximum atomic E-state index is 13.9. The van der Waals surface area contributed by atoms with Crippen LogP contribution in [-0.4, -0.2) is 60.6 Å². The fourth-order valence-corrected chi connectivity index (χ4v) is 8.50. The normalized spacial score (nSPS) is 26.4. The molecule has 2 aromatic carbocycles. The number of para-hydroxylation sites is 1. The molecule has 0 unspecified atom stereocenters. The van der Waals surface area contributed by atoms with Crippen molar-refractivity contribution in [2.45, 2.75) is 49.7 Å². The number of hydrogen-bond donors (Lipinski definition) is 1. The second-order valence-electron chi connectivity index (χ2n) is 10.4. The summed E-state index contributed by atoms with van der Waals surface area (Å²) < 4.78 is 5.57. The van der Waals surface area contributed by atoms with Crippen molar-refractivity contribution in [3.8, 4) is 6.07 Å². The van der Waals surface area contributed by atoms with E-state index in [0.29, 0.717) is 12.2 Å². The van der Waals surface area contributed by atoms with E-state index in [2.05, 4.69) is 24.5 Å². The molecule has 3 aliphatic heterocycles. The average molecular weight is 489 g/mol. The molecule has 1 N–H and O–H groups in total. The van der Waals surface area contributed by atoms with Gasteiger partial charge in [-0.1, -0.05) is 61.6 Å². The minimum atomic E-state index is -1.88. The number of hydrogen-bond acceptors (Lipinski definition) is 5. The lowest BCUT2D eigenvalue weighted by molar-refractivity contribution is -0.135. The number of likely N-dealkylation sites (tertiary alicyclic amines) is 1. The summed E-state index contributed by atoms with van der Waals surface area (Å²) >= 11 is 0. The van der Waals surface area contributed by atoms with Crippen molar-refractivity contribution in [1.82, 2.24) is 9.80 Å². The van der Waals surface area contributed by atoms with Crippen LogP contribution in [0.3, 0.4) is 0 Å². The molecule has 35 heavy (non-hydrogen) atoms. The molecule has 0 saturated carbocycles. The molecule has 0 radical (unpaired) electrons. The van der Waals surface area contributed by atoms with Crippen LogP contribution in [0.5, 0.6) is 0 Å². The second-order valence-corrected chi connectivity index (χ2v) is 15.5. The predicted molar refractivity (Wildman–Crippen MR) is 132 cm³/mol. The number of nitrogens with zero attached hydrogens (tertiary/aromatic N) is 3. The van der Waals surface area contributed by atoms with Crippen LogP contribution >= 0.6 is 0 Å². The first-order valence-corrected chi connectivity index (χ1v) is 15.2. The topological polar surface area (TPSA) is 103 Å². The summed E-state index contributed by atoms with van der Waals surface area (Å²) in [5.41, 5.74) is 1.47. The third kappa shape index (κ3) is 3.98. The lowest BCUT2D eigenvalue weighted by Crippen LogP contribution is -2.50. The zero-order valence-electron chi connectivity index (χ0n) is 19.9. The summed E-state index contributed by atoms with van der Waals surface area (Å²) in [6.45, 7) is 4.54. The van der Waals surface area contributed by atoms with Gasteiger partial charge in [0.25, 0.3) is 0 Å². The average Bonchev–Trinajstić information content (AvgIpc) is 3.49. The van der Waals surface area contributed by atoms with Crippen molar-refractivity contribution in [2.75, 3.05) is 18.0 Å². The Morgan fingerprint density at radius 2 is 1.86 bits per heavy atom. The van der Waals surface area contributed by atoms with Gasteiger partial charge in [0.2, 0.25) is 11.8 Å². The number of amides is 3. The number of nitriles is 1. The second kappa shape index (κ2) is 8.54. The van der Waals surface area contributed by atoms with Crippen molar-refractivity contribution >= 4 is 31.7 Å². The Morgan fingerprint density at radius 1 is 1.14 bits per heavy atom. The number of anilines is 1. The Labute approximate surface area is 205 Å². The van der Waals surface area contributed by atoms with Crippen molar-refractivity contribution in [3.05, 3.63) is 65.7 Å². The molecule has 9 heteroatoms. The maximum Gasteiger partial charge on any atom is 0.410 e. The van der Waals surface area contributed by atoms with Gasteiger partial charge in [-0.2, -0.15) is 5.26 Å². The van der Waals surface area contributed by atoms with Gasteiger partial charge >= 0.3 is 6.09 Å². The zero-order valence-corrected chi connectivity index (χ0v) is 20.9. The largest absolute Gasteiger partial charge is 0.445 e. The number of carbonyl (C=O) groups is 3. The van der Waals surface area contributed by atoms with Gasteiger partial charge in [0.05, 0.1) is 19.6 Å². The molecular formula is C26H28N4O4Si. The molecule has 3 amide bonds. The number of nitrogens with one attached hydrogen (secondary N) is 1. The SMILES string of the molecule is C[Si]1(C)C[C@H](C(=O)N2C[C@]3(C[C@H]2C#N)C(=O)Nc2ccccc23)N(C(=O)OCc2ccccc2)C1. The van der Waals surface area contributed by atoms with Crippen LogP contribution in [0.1, 0.15) is 17.5 Å². The molecule has 2 aromatic rings. The van der Waals surface area contributed by atoms with Gasteiger partial charge in [0, 0.05) is 24.8 Å². The molecular weight excluding hydrogens is 460 g/mol. The Kier molecular flexibility index (Phi) is 5.64. The first-order chi connectivity index (χ1) is 16.7. The van der Waals surface area contributed by atoms with Crippen LogP contribution in [0.4, 0.5) is 10.5 Å². The number of benzene rings is 2. The Balaban J connectivity index is 1.38. The van der Waals surface area contributed by atoms with Gasteiger partial charge in [0.15, 0.2) is 0 Å². The van der Waals surface area contributed by atoms with Crippen LogP contribution in [0.2, 0.25) is 19.1 Å². The van der Waals surface area contributed by atoms with E-state index >= 15 is 0 Å². The minimum absolute atomic E-state index is 0.123. The smallest absolute Gasteiger partial charge is 0.410 e. The molecule has 3 aliphatic rings. The molecule has 5 rings (SSSR count). The summed E-state index contributed by atoms with van der Waals surface area (Å²) in [7, 11) is -1.88. The van der Waals surface area contributed by atoms with Gasteiger partial charge in [0.1, 0.15) is 18.7 Å². The number of fused-ring (bicyclic) bond motifs is 2. The Hall–Kier alpha value is -3.64. The Morgan fingerprint density at radius 3 is 2.60 bits per heavy atom. The first-order valence-electron chi connectivity index (χ1n) is 11.8.